The SMILES string of the molecule is Cl.Cl.FC(F)(F)CC[C@@H](c1ccccc1)N1CCNCC1. The zero-order chi connectivity index (χ0) is 13.7. The maximum atomic E-state index is 12.5. The van der Waals surface area contributed by atoms with Crippen LogP contribution in [0.2, 0.25) is 0 Å². The Balaban J connectivity index is 0.00000200. The molecule has 2 nitrogen and oxygen atoms in total. The van der Waals surface area contributed by atoms with Crippen LogP contribution in [0.15, 0.2) is 30.3 Å². The summed E-state index contributed by atoms with van der Waals surface area (Å²) >= 11 is 0. The Kier molecular flexibility index (Phi) is 9.29. The topological polar surface area (TPSA) is 15.3 Å². The van der Waals surface area contributed by atoms with Crippen molar-refractivity contribution in [3.63, 3.8) is 0 Å². The molecule has 1 aromatic carbocycles. The molecular weight excluding hydrogens is 324 g/mol. The standard InChI is InChI=1S/C14H19F3N2.2ClH/c15-14(16,17)7-6-13(12-4-2-1-3-5-12)19-10-8-18-9-11-19;;/h1-5,13,18H,6-11H2;2*1H/t13-;;/m0../s1. The molecule has 0 saturated carbocycles. The van der Waals surface area contributed by atoms with Gasteiger partial charge in [-0.15, -0.1) is 24.8 Å². The second-order valence-corrected chi connectivity index (χ2v) is 4.87. The molecule has 0 spiro atoms. The van der Waals surface area contributed by atoms with Crippen molar-refractivity contribution < 1.29 is 13.2 Å². The molecule has 7 heteroatoms. The molecule has 1 aliphatic heterocycles. The number of hydrogen-bond donors (Lipinski definition) is 1. The predicted molar refractivity (Wildman–Crippen MR) is 83.4 cm³/mol. The lowest BCUT2D eigenvalue weighted by Crippen LogP contribution is -2.45. The van der Waals surface area contributed by atoms with Crippen LogP contribution < -0.4 is 5.32 Å². The first-order valence-corrected chi connectivity index (χ1v) is 6.63. The summed E-state index contributed by atoms with van der Waals surface area (Å²) in [6.45, 7) is 3.29. The van der Waals surface area contributed by atoms with Gasteiger partial charge in [-0.2, -0.15) is 13.2 Å². The van der Waals surface area contributed by atoms with Crippen molar-refractivity contribution in [1.82, 2.24) is 10.2 Å². The quantitative estimate of drug-likeness (QED) is 0.893. The first-order valence-electron chi connectivity index (χ1n) is 6.63. The number of halogens is 5. The molecule has 122 valence electrons. The summed E-state index contributed by atoms with van der Waals surface area (Å²) in [4.78, 5) is 2.15. The van der Waals surface area contributed by atoms with E-state index < -0.39 is 12.6 Å². The summed E-state index contributed by atoms with van der Waals surface area (Å²) in [5.74, 6) is 0. The van der Waals surface area contributed by atoms with E-state index in [1.165, 1.54) is 0 Å². The summed E-state index contributed by atoms with van der Waals surface area (Å²) < 4.78 is 37.4. The maximum absolute atomic E-state index is 12.5. The smallest absolute Gasteiger partial charge is 0.314 e. The Bertz CT molecular complexity index is 382. The van der Waals surface area contributed by atoms with Crippen LogP contribution >= 0.6 is 24.8 Å². The third kappa shape index (κ3) is 6.87. The molecule has 0 unspecified atom stereocenters. The average Bonchev–Trinajstić information content (AvgIpc) is 2.40. The minimum absolute atomic E-state index is 0. The van der Waals surface area contributed by atoms with Gasteiger partial charge in [-0.05, 0) is 12.0 Å². The van der Waals surface area contributed by atoms with Gasteiger partial charge in [0.25, 0.3) is 0 Å². The maximum Gasteiger partial charge on any atom is 0.389 e. The van der Waals surface area contributed by atoms with Crippen LogP contribution in [0.4, 0.5) is 13.2 Å². The highest BCUT2D eigenvalue weighted by molar-refractivity contribution is 5.85. The lowest BCUT2D eigenvalue weighted by Gasteiger charge is -2.35. The number of alkyl halides is 3. The largest absolute Gasteiger partial charge is 0.389 e. The zero-order valence-electron chi connectivity index (χ0n) is 11.6. The van der Waals surface area contributed by atoms with Gasteiger partial charge in [-0.1, -0.05) is 30.3 Å². The zero-order valence-corrected chi connectivity index (χ0v) is 13.2. The van der Waals surface area contributed by atoms with E-state index in [2.05, 4.69) is 10.2 Å². The van der Waals surface area contributed by atoms with Gasteiger partial charge in [-0.3, -0.25) is 4.90 Å². The van der Waals surface area contributed by atoms with Gasteiger partial charge in [0, 0.05) is 38.6 Å². The summed E-state index contributed by atoms with van der Waals surface area (Å²) in [5, 5.41) is 3.23. The first kappa shape index (κ1) is 20.5. The van der Waals surface area contributed by atoms with Gasteiger partial charge >= 0.3 is 6.18 Å². The van der Waals surface area contributed by atoms with Crippen molar-refractivity contribution in [2.45, 2.75) is 25.1 Å². The van der Waals surface area contributed by atoms with Crippen LogP contribution in [0.5, 0.6) is 0 Å². The molecule has 2 rings (SSSR count). The van der Waals surface area contributed by atoms with E-state index in [-0.39, 0.29) is 37.3 Å². The van der Waals surface area contributed by atoms with Gasteiger partial charge < -0.3 is 5.32 Å². The lowest BCUT2D eigenvalue weighted by molar-refractivity contribution is -0.138. The Morgan fingerprint density at radius 3 is 2.14 bits per heavy atom. The van der Waals surface area contributed by atoms with Gasteiger partial charge in [0.15, 0.2) is 0 Å². The Labute approximate surface area is 135 Å². The fourth-order valence-corrected chi connectivity index (χ4v) is 2.53. The van der Waals surface area contributed by atoms with Crippen molar-refractivity contribution in [3.8, 4) is 0 Å². The van der Waals surface area contributed by atoms with Gasteiger partial charge in [0.1, 0.15) is 0 Å². The fraction of sp³-hybridized carbons (Fsp3) is 0.571. The number of benzene rings is 1. The van der Waals surface area contributed by atoms with Crippen molar-refractivity contribution in [3.05, 3.63) is 35.9 Å². The molecule has 1 aliphatic rings. The highest BCUT2D eigenvalue weighted by Crippen LogP contribution is 2.31. The van der Waals surface area contributed by atoms with E-state index in [0.717, 1.165) is 31.7 Å². The Morgan fingerprint density at radius 1 is 1.05 bits per heavy atom. The molecule has 0 aliphatic carbocycles. The molecule has 0 aromatic heterocycles. The van der Waals surface area contributed by atoms with Gasteiger partial charge in [0.2, 0.25) is 0 Å². The monoisotopic (exact) mass is 344 g/mol. The van der Waals surface area contributed by atoms with E-state index in [0.29, 0.717) is 0 Å². The van der Waals surface area contributed by atoms with Gasteiger partial charge in [-0.25, -0.2) is 0 Å². The minimum atomic E-state index is -4.08. The average molecular weight is 345 g/mol. The van der Waals surface area contributed by atoms with E-state index in [1.54, 1.807) is 0 Å². The highest BCUT2D eigenvalue weighted by atomic mass is 35.5. The van der Waals surface area contributed by atoms with Gasteiger partial charge in [0.05, 0.1) is 0 Å². The van der Waals surface area contributed by atoms with E-state index in [4.69, 9.17) is 0 Å². The van der Waals surface area contributed by atoms with Crippen molar-refractivity contribution >= 4 is 24.8 Å². The second-order valence-electron chi connectivity index (χ2n) is 4.87. The van der Waals surface area contributed by atoms with Crippen LogP contribution in [0, 0.1) is 0 Å². The van der Waals surface area contributed by atoms with Crippen LogP contribution in [-0.2, 0) is 0 Å². The Hall–Kier alpha value is -0.490. The molecule has 0 bridgehead atoms. The van der Waals surface area contributed by atoms with Crippen molar-refractivity contribution in [1.29, 1.82) is 0 Å². The van der Waals surface area contributed by atoms with Crippen LogP contribution in [-0.4, -0.2) is 37.3 Å². The number of hydrogen-bond acceptors (Lipinski definition) is 2. The van der Waals surface area contributed by atoms with Crippen LogP contribution in [0.3, 0.4) is 0 Å². The molecule has 1 fully saturated rings. The first-order chi connectivity index (χ1) is 9.06. The predicted octanol–water partition coefficient (Wildman–Crippen LogP) is 3.82. The lowest BCUT2D eigenvalue weighted by atomic mass is 9.99. The molecule has 1 heterocycles. The normalized spacial score (nSPS) is 17.5. The molecule has 21 heavy (non-hydrogen) atoms. The molecule has 1 saturated heterocycles. The van der Waals surface area contributed by atoms with Crippen LogP contribution in [0.25, 0.3) is 0 Å². The van der Waals surface area contributed by atoms with E-state index in [9.17, 15) is 13.2 Å². The minimum Gasteiger partial charge on any atom is -0.314 e. The number of nitrogens with zero attached hydrogens (tertiary/aromatic N) is 1. The fourth-order valence-electron chi connectivity index (χ4n) is 2.53. The van der Waals surface area contributed by atoms with Crippen molar-refractivity contribution in [2.75, 3.05) is 26.2 Å². The number of nitrogens with one attached hydrogen (secondary N) is 1. The summed E-state index contributed by atoms with van der Waals surface area (Å²) in [6, 6.07) is 9.37. The molecule has 1 atom stereocenters. The summed E-state index contributed by atoms with van der Waals surface area (Å²) in [7, 11) is 0. The number of rotatable bonds is 4. The van der Waals surface area contributed by atoms with Crippen LogP contribution in [0.1, 0.15) is 24.4 Å². The highest BCUT2D eigenvalue weighted by Gasteiger charge is 2.31. The molecular formula is C14H21Cl2F3N2. The molecule has 0 amide bonds. The Morgan fingerprint density at radius 2 is 1.62 bits per heavy atom. The third-order valence-corrected chi connectivity index (χ3v) is 3.48. The molecule has 0 radical (unpaired) electrons. The van der Waals surface area contributed by atoms with E-state index >= 15 is 0 Å². The molecule has 1 aromatic rings. The second kappa shape index (κ2) is 9.51. The molecule has 1 N–H and O–H groups in total. The summed E-state index contributed by atoms with van der Waals surface area (Å²) in [6.07, 6.45) is -4.68. The van der Waals surface area contributed by atoms with Crippen molar-refractivity contribution in [2.24, 2.45) is 0 Å². The number of piperazine rings is 1. The summed E-state index contributed by atoms with van der Waals surface area (Å²) in [5.41, 5.74) is 0.980. The third-order valence-electron chi connectivity index (χ3n) is 3.48. The van der Waals surface area contributed by atoms with E-state index in [1.807, 2.05) is 30.3 Å².